The van der Waals surface area contributed by atoms with Crippen LogP contribution < -0.4 is 10.6 Å². The Balaban J connectivity index is 1.98. The summed E-state index contributed by atoms with van der Waals surface area (Å²) in [6, 6.07) is 7.77. The van der Waals surface area contributed by atoms with E-state index in [0.29, 0.717) is 23.9 Å². The minimum atomic E-state index is -0.0276. The predicted octanol–water partition coefficient (Wildman–Crippen LogP) is 3.06. The number of imidazole rings is 1. The van der Waals surface area contributed by atoms with E-state index in [1.54, 1.807) is 6.20 Å². The van der Waals surface area contributed by atoms with Gasteiger partial charge in [-0.25, -0.2) is 4.98 Å². The van der Waals surface area contributed by atoms with E-state index in [1.807, 2.05) is 42.8 Å². The van der Waals surface area contributed by atoms with Crippen LogP contribution in [0.2, 0.25) is 5.28 Å². The van der Waals surface area contributed by atoms with Crippen LogP contribution in [0.3, 0.4) is 0 Å². The van der Waals surface area contributed by atoms with Gasteiger partial charge in [0.1, 0.15) is 0 Å². The van der Waals surface area contributed by atoms with E-state index in [2.05, 4.69) is 22.5 Å². The molecule has 0 aliphatic heterocycles. The molecule has 1 aromatic heterocycles. The van der Waals surface area contributed by atoms with Gasteiger partial charge in [-0.3, -0.25) is 4.79 Å². The third kappa shape index (κ3) is 4.56. The number of rotatable bonds is 7. The van der Waals surface area contributed by atoms with Crippen molar-refractivity contribution in [3.05, 3.63) is 52.6 Å². The first-order chi connectivity index (χ1) is 11.0. The summed E-state index contributed by atoms with van der Waals surface area (Å²) in [6.07, 6.45) is 2.70. The largest absolute Gasteiger partial charge is 0.352 e. The Kier molecular flexibility index (Phi) is 6.19. The van der Waals surface area contributed by atoms with Gasteiger partial charge < -0.3 is 15.2 Å². The molecule has 124 valence electrons. The Labute approximate surface area is 142 Å². The zero-order valence-electron chi connectivity index (χ0n) is 13.8. The molecule has 1 amide bonds. The lowest BCUT2D eigenvalue weighted by Gasteiger charge is -2.15. The SMILES string of the molecule is CCCNC(=O)c1cccc(CNC(C)c2cnc(Cl)n2C)c1. The lowest BCUT2D eigenvalue weighted by molar-refractivity contribution is 0.0953. The zero-order valence-corrected chi connectivity index (χ0v) is 14.5. The highest BCUT2D eigenvalue weighted by Gasteiger charge is 2.12. The summed E-state index contributed by atoms with van der Waals surface area (Å²) in [5, 5.41) is 6.79. The minimum Gasteiger partial charge on any atom is -0.352 e. The maximum absolute atomic E-state index is 12.0. The zero-order chi connectivity index (χ0) is 16.8. The topological polar surface area (TPSA) is 59.0 Å². The van der Waals surface area contributed by atoms with Crippen molar-refractivity contribution >= 4 is 17.5 Å². The van der Waals surface area contributed by atoms with E-state index in [1.165, 1.54) is 0 Å². The highest BCUT2D eigenvalue weighted by atomic mass is 35.5. The number of benzene rings is 1. The molecule has 0 spiro atoms. The number of carbonyl (C=O) groups is 1. The first-order valence-corrected chi connectivity index (χ1v) is 8.18. The Hall–Kier alpha value is -1.85. The number of nitrogens with zero attached hydrogens (tertiary/aromatic N) is 2. The van der Waals surface area contributed by atoms with Gasteiger partial charge >= 0.3 is 0 Å². The molecule has 2 N–H and O–H groups in total. The van der Waals surface area contributed by atoms with E-state index in [-0.39, 0.29) is 11.9 Å². The summed E-state index contributed by atoms with van der Waals surface area (Å²) in [5.74, 6) is -0.0276. The van der Waals surface area contributed by atoms with Gasteiger partial charge in [0.15, 0.2) is 0 Å². The molecule has 1 unspecified atom stereocenters. The number of hydrogen-bond donors (Lipinski definition) is 2. The van der Waals surface area contributed by atoms with Crippen molar-refractivity contribution in [1.82, 2.24) is 20.2 Å². The smallest absolute Gasteiger partial charge is 0.251 e. The van der Waals surface area contributed by atoms with Gasteiger partial charge in [0.2, 0.25) is 5.28 Å². The van der Waals surface area contributed by atoms with E-state index in [0.717, 1.165) is 17.7 Å². The van der Waals surface area contributed by atoms with Crippen molar-refractivity contribution in [2.45, 2.75) is 32.9 Å². The second-order valence-corrected chi connectivity index (χ2v) is 5.91. The lowest BCUT2D eigenvalue weighted by Crippen LogP contribution is -2.24. The molecule has 0 aliphatic carbocycles. The Morgan fingerprint density at radius 3 is 2.87 bits per heavy atom. The summed E-state index contributed by atoms with van der Waals surface area (Å²) < 4.78 is 1.85. The molecule has 2 rings (SSSR count). The second kappa shape index (κ2) is 8.13. The van der Waals surface area contributed by atoms with Crippen molar-refractivity contribution < 1.29 is 4.79 Å². The van der Waals surface area contributed by atoms with Crippen molar-refractivity contribution in [1.29, 1.82) is 0 Å². The summed E-state index contributed by atoms with van der Waals surface area (Å²) in [7, 11) is 1.89. The lowest BCUT2D eigenvalue weighted by atomic mass is 10.1. The number of amides is 1. The molecular formula is C17H23ClN4O. The number of halogens is 1. The maximum atomic E-state index is 12.0. The van der Waals surface area contributed by atoms with Crippen LogP contribution in [-0.4, -0.2) is 22.0 Å². The molecule has 23 heavy (non-hydrogen) atoms. The minimum absolute atomic E-state index is 0.0276. The molecule has 1 atom stereocenters. The van der Waals surface area contributed by atoms with Crippen molar-refractivity contribution in [3.8, 4) is 0 Å². The van der Waals surface area contributed by atoms with E-state index in [9.17, 15) is 4.79 Å². The molecule has 0 saturated carbocycles. The fraction of sp³-hybridized carbons (Fsp3) is 0.412. The fourth-order valence-corrected chi connectivity index (χ4v) is 2.49. The van der Waals surface area contributed by atoms with Crippen LogP contribution in [0.1, 0.15) is 47.9 Å². The maximum Gasteiger partial charge on any atom is 0.251 e. The third-order valence-corrected chi connectivity index (χ3v) is 4.10. The number of nitrogens with one attached hydrogen (secondary N) is 2. The summed E-state index contributed by atoms with van der Waals surface area (Å²) in [6.45, 7) is 5.45. The van der Waals surface area contributed by atoms with E-state index >= 15 is 0 Å². The molecule has 1 aromatic carbocycles. The van der Waals surface area contributed by atoms with Crippen LogP contribution in [0.5, 0.6) is 0 Å². The van der Waals surface area contributed by atoms with E-state index < -0.39 is 0 Å². The Bertz CT molecular complexity index is 668. The first-order valence-electron chi connectivity index (χ1n) is 7.80. The van der Waals surface area contributed by atoms with Crippen molar-refractivity contribution in [3.63, 3.8) is 0 Å². The molecule has 0 saturated heterocycles. The monoisotopic (exact) mass is 334 g/mol. The van der Waals surface area contributed by atoms with Gasteiger partial charge in [0, 0.05) is 31.7 Å². The predicted molar refractivity (Wildman–Crippen MR) is 92.5 cm³/mol. The highest BCUT2D eigenvalue weighted by Crippen LogP contribution is 2.16. The molecule has 0 radical (unpaired) electrons. The van der Waals surface area contributed by atoms with Gasteiger partial charge in [-0.05, 0) is 42.6 Å². The van der Waals surface area contributed by atoms with Crippen LogP contribution in [0, 0.1) is 0 Å². The summed E-state index contributed by atoms with van der Waals surface area (Å²) in [5.41, 5.74) is 2.77. The van der Waals surface area contributed by atoms with Gasteiger partial charge in [0.25, 0.3) is 5.91 Å². The highest BCUT2D eigenvalue weighted by molar-refractivity contribution is 6.28. The van der Waals surface area contributed by atoms with Crippen LogP contribution in [0.15, 0.2) is 30.5 Å². The van der Waals surface area contributed by atoms with E-state index in [4.69, 9.17) is 11.6 Å². The Morgan fingerprint density at radius 1 is 1.43 bits per heavy atom. The molecule has 6 heteroatoms. The fourth-order valence-electron chi connectivity index (χ4n) is 2.34. The average molecular weight is 335 g/mol. The second-order valence-electron chi connectivity index (χ2n) is 5.57. The molecule has 5 nitrogen and oxygen atoms in total. The molecule has 2 aromatic rings. The van der Waals surface area contributed by atoms with Gasteiger partial charge in [-0.2, -0.15) is 0 Å². The summed E-state index contributed by atoms with van der Waals surface area (Å²) >= 11 is 5.97. The van der Waals surface area contributed by atoms with Gasteiger partial charge in [0.05, 0.1) is 11.9 Å². The normalized spacial score (nSPS) is 12.2. The molecular weight excluding hydrogens is 312 g/mol. The Morgan fingerprint density at radius 2 is 2.22 bits per heavy atom. The molecule has 1 heterocycles. The standard InChI is InChI=1S/C17H23ClN4O/c1-4-8-19-16(23)14-7-5-6-13(9-14)10-20-12(2)15-11-21-17(18)22(15)3/h5-7,9,11-12,20H,4,8,10H2,1-3H3,(H,19,23). The number of carbonyl (C=O) groups excluding carboxylic acids is 1. The van der Waals surface area contributed by atoms with Crippen LogP contribution in [0.4, 0.5) is 0 Å². The summed E-state index contributed by atoms with van der Waals surface area (Å²) in [4.78, 5) is 16.1. The molecule has 0 fully saturated rings. The molecule has 0 bridgehead atoms. The van der Waals surface area contributed by atoms with Crippen LogP contribution >= 0.6 is 11.6 Å². The van der Waals surface area contributed by atoms with Crippen LogP contribution in [-0.2, 0) is 13.6 Å². The third-order valence-electron chi connectivity index (χ3n) is 3.75. The quantitative estimate of drug-likeness (QED) is 0.818. The van der Waals surface area contributed by atoms with Gasteiger partial charge in [-0.15, -0.1) is 0 Å². The average Bonchev–Trinajstić information content (AvgIpc) is 2.90. The van der Waals surface area contributed by atoms with Crippen LogP contribution in [0.25, 0.3) is 0 Å². The van der Waals surface area contributed by atoms with Gasteiger partial charge in [-0.1, -0.05) is 19.1 Å². The first kappa shape index (κ1) is 17.5. The van der Waals surface area contributed by atoms with Crippen molar-refractivity contribution in [2.24, 2.45) is 7.05 Å². The number of aromatic nitrogens is 2. The number of hydrogen-bond acceptors (Lipinski definition) is 3. The van der Waals surface area contributed by atoms with Crippen molar-refractivity contribution in [2.75, 3.05) is 6.54 Å². The molecule has 0 aliphatic rings.